The molecule has 0 radical (unpaired) electrons. The molecule has 2 heterocycles. The molecule has 0 aromatic heterocycles. The molecule has 5 heteroatoms. The van der Waals surface area contributed by atoms with Crippen LogP contribution in [0.3, 0.4) is 0 Å². The van der Waals surface area contributed by atoms with Crippen LogP contribution in [0, 0.1) is 16.7 Å². The third-order valence-electron chi connectivity index (χ3n) is 3.54. The maximum Gasteiger partial charge on any atom is 0.254 e. The molecule has 2 aliphatic heterocycles. The summed E-state index contributed by atoms with van der Waals surface area (Å²) in [4.78, 5) is 13.9. The highest BCUT2D eigenvalue weighted by Gasteiger charge is 2.35. The van der Waals surface area contributed by atoms with Crippen molar-refractivity contribution in [1.29, 1.82) is 5.26 Å². The van der Waals surface area contributed by atoms with Gasteiger partial charge in [0, 0.05) is 13.1 Å². The lowest BCUT2D eigenvalue weighted by atomic mass is 9.82. The van der Waals surface area contributed by atoms with Crippen molar-refractivity contribution in [3.05, 3.63) is 0 Å². The van der Waals surface area contributed by atoms with Crippen LogP contribution in [0.5, 0.6) is 0 Å². The maximum absolute atomic E-state index is 12.1. The molecule has 0 aromatic rings. The quantitative estimate of drug-likeness (QED) is 0.669. The van der Waals surface area contributed by atoms with Gasteiger partial charge in [-0.05, 0) is 19.8 Å². The van der Waals surface area contributed by atoms with Gasteiger partial charge in [-0.3, -0.25) is 4.79 Å². The van der Waals surface area contributed by atoms with E-state index in [0.717, 1.165) is 12.8 Å². The number of rotatable bonds is 1. The Morgan fingerprint density at radius 2 is 2.12 bits per heavy atom. The molecule has 2 aliphatic rings. The summed E-state index contributed by atoms with van der Waals surface area (Å²) in [5.74, 6) is 0.00434. The smallest absolute Gasteiger partial charge is 0.254 e. The van der Waals surface area contributed by atoms with Gasteiger partial charge in [0.15, 0.2) is 6.10 Å². The molecule has 0 aliphatic carbocycles. The van der Waals surface area contributed by atoms with Crippen molar-refractivity contribution >= 4 is 5.91 Å². The number of hydrogen-bond acceptors (Lipinski definition) is 4. The van der Waals surface area contributed by atoms with E-state index in [1.54, 1.807) is 4.90 Å². The van der Waals surface area contributed by atoms with E-state index in [0.29, 0.717) is 32.9 Å². The fraction of sp³-hybridized carbons (Fsp3) is 0.833. The largest absolute Gasteiger partial charge is 0.376 e. The third kappa shape index (κ3) is 2.76. The van der Waals surface area contributed by atoms with Crippen LogP contribution in [-0.2, 0) is 14.3 Å². The first-order valence-electron chi connectivity index (χ1n) is 6.04. The van der Waals surface area contributed by atoms with Gasteiger partial charge < -0.3 is 14.4 Å². The molecular formula is C12H18N2O3. The minimum atomic E-state index is -0.449. The second kappa shape index (κ2) is 5.03. The number of likely N-dealkylation sites (tertiary alicyclic amines) is 1. The molecule has 0 spiro atoms. The first-order chi connectivity index (χ1) is 8.14. The maximum atomic E-state index is 12.1. The number of nitriles is 1. The second-order valence-corrected chi connectivity index (χ2v) is 4.93. The number of nitrogens with zero attached hydrogens (tertiary/aromatic N) is 2. The Morgan fingerprint density at radius 1 is 1.41 bits per heavy atom. The summed E-state index contributed by atoms with van der Waals surface area (Å²) in [5.41, 5.74) is -0.277. The lowest BCUT2D eigenvalue weighted by Crippen LogP contribution is -2.49. The van der Waals surface area contributed by atoms with Gasteiger partial charge in [-0.15, -0.1) is 0 Å². The fourth-order valence-corrected chi connectivity index (χ4v) is 2.17. The van der Waals surface area contributed by atoms with E-state index in [1.165, 1.54) is 0 Å². The van der Waals surface area contributed by atoms with Crippen molar-refractivity contribution < 1.29 is 14.3 Å². The van der Waals surface area contributed by atoms with Crippen LogP contribution < -0.4 is 0 Å². The molecule has 2 saturated heterocycles. The standard InChI is InChI=1S/C12H18N2O3/c1-12(9-13)2-4-14(5-3-12)11(15)10-8-16-6-7-17-10/h10H,2-8H2,1H3. The Labute approximate surface area is 101 Å². The molecule has 0 saturated carbocycles. The van der Waals surface area contributed by atoms with Crippen LogP contribution in [0.2, 0.25) is 0 Å². The first kappa shape index (κ1) is 12.3. The highest BCUT2D eigenvalue weighted by Crippen LogP contribution is 2.30. The summed E-state index contributed by atoms with van der Waals surface area (Å²) in [6, 6.07) is 2.33. The van der Waals surface area contributed by atoms with E-state index in [2.05, 4.69) is 6.07 Å². The van der Waals surface area contributed by atoms with Gasteiger partial charge >= 0.3 is 0 Å². The molecule has 17 heavy (non-hydrogen) atoms. The predicted octanol–water partition coefficient (Wildman–Crippen LogP) is 0.554. The van der Waals surface area contributed by atoms with Crippen LogP contribution in [0.25, 0.3) is 0 Å². The third-order valence-corrected chi connectivity index (χ3v) is 3.54. The van der Waals surface area contributed by atoms with E-state index in [4.69, 9.17) is 14.7 Å². The highest BCUT2D eigenvalue weighted by atomic mass is 16.6. The summed E-state index contributed by atoms with van der Waals surface area (Å²) < 4.78 is 10.6. The summed E-state index contributed by atoms with van der Waals surface area (Å²) >= 11 is 0. The number of carbonyl (C=O) groups is 1. The van der Waals surface area contributed by atoms with Crippen LogP contribution in [0.4, 0.5) is 0 Å². The monoisotopic (exact) mass is 238 g/mol. The molecule has 1 unspecified atom stereocenters. The van der Waals surface area contributed by atoms with E-state index < -0.39 is 6.10 Å². The van der Waals surface area contributed by atoms with E-state index in [1.807, 2.05) is 6.92 Å². The molecule has 2 fully saturated rings. The van der Waals surface area contributed by atoms with Gasteiger partial charge in [-0.2, -0.15) is 5.26 Å². The lowest BCUT2D eigenvalue weighted by molar-refractivity contribution is -0.159. The molecule has 94 valence electrons. The van der Waals surface area contributed by atoms with Crippen LogP contribution in [0.15, 0.2) is 0 Å². The van der Waals surface area contributed by atoms with Crippen molar-refractivity contribution in [1.82, 2.24) is 4.90 Å². The summed E-state index contributed by atoms with van der Waals surface area (Å²) in [5, 5.41) is 9.03. The molecule has 0 bridgehead atoms. The minimum absolute atomic E-state index is 0.00434. The van der Waals surface area contributed by atoms with E-state index >= 15 is 0 Å². The molecular weight excluding hydrogens is 220 g/mol. The number of ether oxygens (including phenoxy) is 2. The molecule has 5 nitrogen and oxygen atoms in total. The van der Waals surface area contributed by atoms with E-state index in [9.17, 15) is 4.79 Å². The zero-order chi connectivity index (χ0) is 12.3. The van der Waals surface area contributed by atoms with Gasteiger partial charge in [0.25, 0.3) is 5.91 Å². The molecule has 1 atom stereocenters. The predicted molar refractivity (Wildman–Crippen MR) is 60.1 cm³/mol. The van der Waals surface area contributed by atoms with Crippen molar-refractivity contribution in [2.24, 2.45) is 5.41 Å². The van der Waals surface area contributed by atoms with Gasteiger partial charge in [0.05, 0.1) is 31.3 Å². The Balaban J connectivity index is 1.88. The van der Waals surface area contributed by atoms with Gasteiger partial charge in [0.1, 0.15) is 0 Å². The number of amides is 1. The minimum Gasteiger partial charge on any atom is -0.376 e. The summed E-state index contributed by atoms with van der Waals surface area (Å²) in [6.45, 7) is 4.64. The Bertz CT molecular complexity index is 323. The summed E-state index contributed by atoms with van der Waals surface area (Å²) in [7, 11) is 0. The van der Waals surface area contributed by atoms with Crippen molar-refractivity contribution in [3.63, 3.8) is 0 Å². The van der Waals surface area contributed by atoms with Gasteiger partial charge in [0.2, 0.25) is 0 Å². The number of piperidine rings is 1. The Morgan fingerprint density at radius 3 is 2.65 bits per heavy atom. The zero-order valence-electron chi connectivity index (χ0n) is 10.1. The van der Waals surface area contributed by atoms with Crippen LogP contribution >= 0.6 is 0 Å². The van der Waals surface area contributed by atoms with Crippen molar-refractivity contribution in [2.75, 3.05) is 32.9 Å². The Kier molecular flexibility index (Phi) is 3.65. The fourth-order valence-electron chi connectivity index (χ4n) is 2.17. The highest BCUT2D eigenvalue weighted by molar-refractivity contribution is 5.81. The second-order valence-electron chi connectivity index (χ2n) is 4.93. The molecule has 0 aromatic carbocycles. The topological polar surface area (TPSA) is 62.6 Å². The molecule has 1 amide bonds. The molecule has 2 rings (SSSR count). The van der Waals surface area contributed by atoms with Crippen LogP contribution in [0.1, 0.15) is 19.8 Å². The first-order valence-corrected chi connectivity index (χ1v) is 6.04. The Hall–Kier alpha value is -1.12. The molecule has 0 N–H and O–H groups in total. The zero-order valence-corrected chi connectivity index (χ0v) is 10.1. The number of hydrogen-bond donors (Lipinski definition) is 0. The average Bonchev–Trinajstić information content (AvgIpc) is 2.40. The normalized spacial score (nSPS) is 28.5. The lowest BCUT2D eigenvalue weighted by Gasteiger charge is -2.37. The van der Waals surface area contributed by atoms with E-state index in [-0.39, 0.29) is 11.3 Å². The number of carbonyl (C=O) groups excluding carboxylic acids is 1. The average molecular weight is 238 g/mol. The van der Waals surface area contributed by atoms with Gasteiger partial charge in [-0.1, -0.05) is 0 Å². The van der Waals surface area contributed by atoms with Crippen molar-refractivity contribution in [2.45, 2.75) is 25.9 Å². The van der Waals surface area contributed by atoms with Crippen LogP contribution in [-0.4, -0.2) is 49.8 Å². The SMILES string of the molecule is CC1(C#N)CCN(C(=O)C2COCCO2)CC1. The van der Waals surface area contributed by atoms with Gasteiger partial charge in [-0.25, -0.2) is 0 Å². The van der Waals surface area contributed by atoms with Crippen molar-refractivity contribution in [3.8, 4) is 6.07 Å². The summed E-state index contributed by atoms with van der Waals surface area (Å²) in [6.07, 6.45) is 1.03.